The lowest BCUT2D eigenvalue weighted by Gasteiger charge is -1.89. The summed E-state index contributed by atoms with van der Waals surface area (Å²) in [6.45, 7) is 0. The van der Waals surface area contributed by atoms with Crippen molar-refractivity contribution in [2.75, 3.05) is 0 Å². The zero-order valence-corrected chi connectivity index (χ0v) is 8.26. The molecule has 0 atom stereocenters. The van der Waals surface area contributed by atoms with Crippen molar-refractivity contribution >= 4 is 15.9 Å². The highest BCUT2D eigenvalue weighted by Gasteiger charge is 2.17. The highest BCUT2D eigenvalue weighted by atomic mass is 79.9. The third-order valence-corrected chi connectivity index (χ3v) is 2.37. The fraction of sp³-hybridized carbons (Fsp3) is 0.273. The Labute approximate surface area is 81.1 Å². The maximum atomic E-state index is 3.39. The van der Waals surface area contributed by atoms with Crippen molar-refractivity contribution in [1.82, 2.24) is 0 Å². The minimum absolute atomic E-state index is 0.689. The van der Waals surface area contributed by atoms with Gasteiger partial charge in [-0.25, -0.2) is 0 Å². The maximum absolute atomic E-state index is 3.39. The van der Waals surface area contributed by atoms with Gasteiger partial charge < -0.3 is 0 Å². The summed E-state index contributed by atoms with van der Waals surface area (Å²) in [5.74, 6) is 7.08. The highest BCUT2D eigenvalue weighted by Crippen LogP contribution is 2.27. The van der Waals surface area contributed by atoms with E-state index in [1.165, 1.54) is 12.8 Å². The first-order valence-electron chi connectivity index (χ1n) is 4.12. The largest absolute Gasteiger partial charge is 0.0945 e. The van der Waals surface area contributed by atoms with Crippen LogP contribution in [0.15, 0.2) is 28.7 Å². The van der Waals surface area contributed by atoms with Gasteiger partial charge in [0.15, 0.2) is 0 Å². The number of halogens is 1. The summed E-state index contributed by atoms with van der Waals surface area (Å²) in [7, 11) is 0. The van der Waals surface area contributed by atoms with Crippen LogP contribution in [0.4, 0.5) is 0 Å². The van der Waals surface area contributed by atoms with Crippen LogP contribution in [0.2, 0.25) is 0 Å². The maximum Gasteiger partial charge on any atom is 0.0246 e. The number of benzene rings is 1. The first-order chi connectivity index (χ1) is 5.84. The Bertz CT molecular complexity index is 322. The van der Waals surface area contributed by atoms with Gasteiger partial charge in [-0.05, 0) is 37.1 Å². The van der Waals surface area contributed by atoms with Crippen molar-refractivity contribution in [3.8, 4) is 11.8 Å². The smallest absolute Gasteiger partial charge is 0.0246 e. The molecule has 2 rings (SSSR count). The molecule has 0 saturated heterocycles. The van der Waals surface area contributed by atoms with Crippen LogP contribution in [0, 0.1) is 17.8 Å². The van der Waals surface area contributed by atoms with Crippen molar-refractivity contribution in [1.29, 1.82) is 0 Å². The SMILES string of the molecule is Brc1ccc(C#CC2CC2)cc1. The third-order valence-electron chi connectivity index (χ3n) is 1.84. The molecule has 1 aromatic rings. The molecule has 12 heavy (non-hydrogen) atoms. The Kier molecular flexibility index (Phi) is 2.19. The number of hydrogen-bond donors (Lipinski definition) is 0. The molecular formula is C11H9Br. The van der Waals surface area contributed by atoms with E-state index in [0.717, 1.165) is 10.0 Å². The van der Waals surface area contributed by atoms with Crippen molar-refractivity contribution < 1.29 is 0 Å². The molecule has 0 aliphatic heterocycles. The van der Waals surface area contributed by atoms with Gasteiger partial charge in [-0.15, -0.1) is 0 Å². The van der Waals surface area contributed by atoms with E-state index in [-0.39, 0.29) is 0 Å². The number of hydrogen-bond acceptors (Lipinski definition) is 0. The molecule has 0 unspecified atom stereocenters. The zero-order valence-electron chi connectivity index (χ0n) is 6.68. The Morgan fingerprint density at radius 3 is 2.42 bits per heavy atom. The molecule has 0 bridgehead atoms. The van der Waals surface area contributed by atoms with Gasteiger partial charge in [-0.1, -0.05) is 27.8 Å². The van der Waals surface area contributed by atoms with Crippen molar-refractivity contribution in [3.05, 3.63) is 34.3 Å². The van der Waals surface area contributed by atoms with Crippen LogP contribution in [-0.2, 0) is 0 Å². The predicted octanol–water partition coefficient (Wildman–Crippen LogP) is 3.21. The summed E-state index contributed by atoms with van der Waals surface area (Å²) < 4.78 is 1.11. The van der Waals surface area contributed by atoms with Crippen LogP contribution < -0.4 is 0 Å². The van der Waals surface area contributed by atoms with Crippen LogP contribution in [0.1, 0.15) is 18.4 Å². The minimum atomic E-state index is 0.689. The molecule has 60 valence electrons. The first kappa shape index (κ1) is 7.89. The van der Waals surface area contributed by atoms with Gasteiger partial charge in [-0.2, -0.15) is 0 Å². The van der Waals surface area contributed by atoms with E-state index in [9.17, 15) is 0 Å². The van der Waals surface area contributed by atoms with Gasteiger partial charge in [0.25, 0.3) is 0 Å². The van der Waals surface area contributed by atoms with Gasteiger partial charge in [-0.3, -0.25) is 0 Å². The van der Waals surface area contributed by atoms with Crippen LogP contribution in [-0.4, -0.2) is 0 Å². The number of rotatable bonds is 0. The second-order valence-corrected chi connectivity index (χ2v) is 3.97. The van der Waals surface area contributed by atoms with E-state index in [4.69, 9.17) is 0 Å². The van der Waals surface area contributed by atoms with Crippen molar-refractivity contribution in [2.45, 2.75) is 12.8 Å². The molecule has 0 radical (unpaired) electrons. The van der Waals surface area contributed by atoms with E-state index < -0.39 is 0 Å². The quantitative estimate of drug-likeness (QED) is 0.590. The summed E-state index contributed by atoms with van der Waals surface area (Å²) in [6, 6.07) is 8.13. The average Bonchev–Trinajstić information content (AvgIpc) is 2.87. The van der Waals surface area contributed by atoms with Gasteiger partial charge in [0.1, 0.15) is 0 Å². The van der Waals surface area contributed by atoms with E-state index in [1.54, 1.807) is 0 Å². The lowest BCUT2D eigenvalue weighted by molar-refractivity contribution is 1.18. The van der Waals surface area contributed by atoms with Crippen molar-refractivity contribution in [2.24, 2.45) is 5.92 Å². The normalized spacial score (nSPS) is 15.1. The van der Waals surface area contributed by atoms with E-state index >= 15 is 0 Å². The minimum Gasteiger partial charge on any atom is -0.0945 e. The molecule has 0 N–H and O–H groups in total. The summed E-state index contributed by atoms with van der Waals surface area (Å²) in [6.07, 6.45) is 2.59. The molecule has 0 heterocycles. The molecule has 0 amide bonds. The fourth-order valence-corrected chi connectivity index (χ4v) is 1.21. The van der Waals surface area contributed by atoms with Crippen LogP contribution in [0.3, 0.4) is 0 Å². The molecule has 1 aliphatic rings. The molecular weight excluding hydrogens is 212 g/mol. The van der Waals surface area contributed by atoms with Crippen molar-refractivity contribution in [3.63, 3.8) is 0 Å². The monoisotopic (exact) mass is 220 g/mol. The topological polar surface area (TPSA) is 0 Å². The van der Waals surface area contributed by atoms with Crippen LogP contribution in [0.25, 0.3) is 0 Å². The molecule has 0 aromatic heterocycles. The molecule has 1 aliphatic carbocycles. The van der Waals surface area contributed by atoms with Crippen LogP contribution >= 0.6 is 15.9 Å². The van der Waals surface area contributed by atoms with E-state index in [0.29, 0.717) is 5.92 Å². The molecule has 1 aromatic carbocycles. The molecule has 0 spiro atoms. The summed E-state index contributed by atoms with van der Waals surface area (Å²) >= 11 is 3.39. The predicted molar refractivity (Wildman–Crippen MR) is 53.7 cm³/mol. The zero-order chi connectivity index (χ0) is 8.39. The molecule has 1 fully saturated rings. The fourth-order valence-electron chi connectivity index (χ4n) is 0.946. The lowest BCUT2D eigenvalue weighted by atomic mass is 10.2. The van der Waals surface area contributed by atoms with E-state index in [2.05, 4.69) is 27.8 Å². The Morgan fingerprint density at radius 2 is 1.83 bits per heavy atom. The van der Waals surface area contributed by atoms with Gasteiger partial charge >= 0.3 is 0 Å². The third kappa shape index (κ3) is 2.12. The second-order valence-electron chi connectivity index (χ2n) is 3.05. The molecule has 1 saturated carbocycles. The van der Waals surface area contributed by atoms with Gasteiger partial charge in [0.2, 0.25) is 0 Å². The summed E-state index contributed by atoms with van der Waals surface area (Å²) in [4.78, 5) is 0. The van der Waals surface area contributed by atoms with Crippen LogP contribution in [0.5, 0.6) is 0 Å². The Hall–Kier alpha value is -0.740. The lowest BCUT2D eigenvalue weighted by Crippen LogP contribution is -1.73. The summed E-state index contributed by atoms with van der Waals surface area (Å²) in [5, 5.41) is 0. The first-order valence-corrected chi connectivity index (χ1v) is 4.91. The Balaban J connectivity index is 2.13. The van der Waals surface area contributed by atoms with Gasteiger partial charge in [0, 0.05) is 16.0 Å². The highest BCUT2D eigenvalue weighted by molar-refractivity contribution is 9.10. The van der Waals surface area contributed by atoms with E-state index in [1.807, 2.05) is 24.3 Å². The second kappa shape index (κ2) is 3.33. The standard InChI is InChI=1S/C11H9Br/c12-11-7-5-10(6-8-11)4-3-9-1-2-9/h5-9H,1-2H2. The van der Waals surface area contributed by atoms with Gasteiger partial charge in [0.05, 0.1) is 0 Å². The average molecular weight is 221 g/mol. The Morgan fingerprint density at radius 1 is 1.17 bits per heavy atom. The molecule has 1 heteroatoms. The molecule has 0 nitrogen and oxygen atoms in total. The summed E-state index contributed by atoms with van der Waals surface area (Å²) in [5.41, 5.74) is 1.12.